The number of anilines is 1. The van der Waals surface area contributed by atoms with Gasteiger partial charge in [-0.3, -0.25) is 15.0 Å². The van der Waals surface area contributed by atoms with Gasteiger partial charge in [-0.25, -0.2) is 5.01 Å². The number of nitrogens with zero attached hydrogens (tertiary/aromatic N) is 1. The van der Waals surface area contributed by atoms with Crippen LogP contribution in [0.2, 0.25) is 5.02 Å². The Bertz CT molecular complexity index is 1220. The molecule has 0 saturated heterocycles. The lowest BCUT2D eigenvalue weighted by Crippen LogP contribution is -2.53. The molecule has 1 aliphatic heterocycles. The van der Waals surface area contributed by atoms with Crippen molar-refractivity contribution in [3.05, 3.63) is 92.9 Å². The molecule has 2 amide bonds. The maximum atomic E-state index is 13.4. The van der Waals surface area contributed by atoms with Gasteiger partial charge in [0.05, 0.1) is 5.56 Å². The molecule has 0 aliphatic carbocycles. The third kappa shape index (κ3) is 4.42. The fourth-order valence-electron chi connectivity index (χ4n) is 3.35. The lowest BCUT2D eigenvalue weighted by molar-refractivity contribution is 0.0488. The number of amides is 2. The van der Waals surface area contributed by atoms with Gasteiger partial charge in [0, 0.05) is 26.3 Å². The van der Waals surface area contributed by atoms with Crippen LogP contribution in [0, 0.1) is 12.3 Å². The second kappa shape index (κ2) is 9.35. The number of fused-ring (bicyclic) bond motifs is 1. The van der Waals surface area contributed by atoms with Crippen LogP contribution < -0.4 is 15.5 Å². The van der Waals surface area contributed by atoms with E-state index in [1.807, 2.05) is 18.2 Å². The van der Waals surface area contributed by atoms with Gasteiger partial charge >= 0.3 is 0 Å². The standard InChI is InChI=1S/C24H17BrClN3O3/c1-2-13-32-21-12-9-16(25)14-19(21)22-27-20-6-4-3-5-18(20)24(31)29(22)28-23(30)15-7-10-17(26)11-8-15/h1,3-12,14,22,27H,13H2,(H,28,30)/t22-/m0/s1. The second-order valence-electron chi connectivity index (χ2n) is 6.89. The number of benzene rings is 3. The number of rotatable bonds is 5. The Morgan fingerprint density at radius 3 is 2.69 bits per heavy atom. The number of halogens is 2. The monoisotopic (exact) mass is 509 g/mol. The first-order valence-corrected chi connectivity index (χ1v) is 10.8. The Morgan fingerprint density at radius 2 is 1.94 bits per heavy atom. The number of carbonyl (C=O) groups excluding carboxylic acids is 2. The van der Waals surface area contributed by atoms with Crippen LogP contribution in [0.4, 0.5) is 5.69 Å². The van der Waals surface area contributed by atoms with Crippen molar-refractivity contribution >= 4 is 45.0 Å². The molecular formula is C24H17BrClN3O3. The molecule has 160 valence electrons. The number of terminal acetylenes is 1. The zero-order valence-corrected chi connectivity index (χ0v) is 19.0. The van der Waals surface area contributed by atoms with E-state index in [0.29, 0.717) is 33.1 Å². The minimum absolute atomic E-state index is 0.0586. The van der Waals surface area contributed by atoms with Gasteiger partial charge in [0.25, 0.3) is 11.8 Å². The molecule has 6 nitrogen and oxygen atoms in total. The van der Waals surface area contributed by atoms with Crippen molar-refractivity contribution < 1.29 is 14.3 Å². The minimum atomic E-state index is -0.751. The van der Waals surface area contributed by atoms with E-state index in [9.17, 15) is 9.59 Å². The molecule has 0 fully saturated rings. The van der Waals surface area contributed by atoms with E-state index in [1.165, 1.54) is 5.01 Å². The van der Waals surface area contributed by atoms with Gasteiger partial charge in [0.15, 0.2) is 6.17 Å². The lowest BCUT2D eigenvalue weighted by Gasteiger charge is -2.38. The SMILES string of the molecule is C#CCOc1ccc(Br)cc1[C@H]1Nc2ccccc2C(=O)N1NC(=O)c1ccc(Cl)cc1. The van der Waals surface area contributed by atoms with Crippen LogP contribution in [0.3, 0.4) is 0 Å². The van der Waals surface area contributed by atoms with Gasteiger partial charge in [-0.05, 0) is 54.6 Å². The largest absolute Gasteiger partial charge is 0.481 e. The van der Waals surface area contributed by atoms with E-state index in [1.54, 1.807) is 48.5 Å². The number of hydrogen-bond donors (Lipinski definition) is 2. The maximum Gasteiger partial charge on any atom is 0.276 e. The molecule has 0 spiro atoms. The van der Waals surface area contributed by atoms with Crippen LogP contribution in [0.5, 0.6) is 5.75 Å². The molecule has 8 heteroatoms. The number of hydrazine groups is 1. The van der Waals surface area contributed by atoms with Crippen LogP contribution in [0.15, 0.2) is 71.2 Å². The highest BCUT2D eigenvalue weighted by Crippen LogP contribution is 2.37. The van der Waals surface area contributed by atoms with E-state index < -0.39 is 12.1 Å². The fourth-order valence-corrected chi connectivity index (χ4v) is 3.85. The van der Waals surface area contributed by atoms with Gasteiger partial charge in [-0.15, -0.1) is 6.42 Å². The van der Waals surface area contributed by atoms with Crippen LogP contribution in [-0.2, 0) is 0 Å². The maximum absolute atomic E-state index is 13.4. The molecule has 3 aromatic carbocycles. The Hall–Kier alpha value is -3.47. The topological polar surface area (TPSA) is 70.7 Å². The normalized spacial score (nSPS) is 14.7. The molecule has 4 rings (SSSR count). The van der Waals surface area contributed by atoms with Crippen LogP contribution in [0.25, 0.3) is 0 Å². The van der Waals surface area contributed by atoms with Crippen molar-refractivity contribution in [1.82, 2.24) is 10.4 Å². The first kappa shape index (κ1) is 21.8. The van der Waals surface area contributed by atoms with E-state index in [2.05, 4.69) is 32.6 Å². The van der Waals surface area contributed by atoms with E-state index in [-0.39, 0.29) is 12.5 Å². The van der Waals surface area contributed by atoms with E-state index in [0.717, 1.165) is 4.47 Å². The number of ether oxygens (including phenoxy) is 1. The predicted molar refractivity (Wildman–Crippen MR) is 126 cm³/mol. The molecule has 1 aliphatic rings. The van der Waals surface area contributed by atoms with Gasteiger partial charge in [0.2, 0.25) is 0 Å². The summed E-state index contributed by atoms with van der Waals surface area (Å²) in [6, 6.07) is 18.9. The van der Waals surface area contributed by atoms with E-state index in [4.69, 9.17) is 22.8 Å². The van der Waals surface area contributed by atoms with Crippen molar-refractivity contribution in [2.45, 2.75) is 6.17 Å². The molecule has 0 bridgehead atoms. The van der Waals surface area contributed by atoms with Gasteiger partial charge in [-0.2, -0.15) is 0 Å². The lowest BCUT2D eigenvalue weighted by atomic mass is 10.0. The Morgan fingerprint density at radius 1 is 1.19 bits per heavy atom. The summed E-state index contributed by atoms with van der Waals surface area (Å²) in [5.41, 5.74) is 4.78. The Labute approximate surface area is 198 Å². The zero-order chi connectivity index (χ0) is 22.7. The Kier molecular flexibility index (Phi) is 6.35. The highest BCUT2D eigenvalue weighted by Gasteiger charge is 2.36. The summed E-state index contributed by atoms with van der Waals surface area (Å²) in [7, 11) is 0. The average molecular weight is 511 g/mol. The number of hydrogen-bond acceptors (Lipinski definition) is 4. The second-order valence-corrected chi connectivity index (χ2v) is 8.24. The first-order valence-electron chi connectivity index (χ1n) is 9.59. The smallest absolute Gasteiger partial charge is 0.276 e. The summed E-state index contributed by atoms with van der Waals surface area (Å²) in [5.74, 6) is 2.10. The average Bonchev–Trinajstić information content (AvgIpc) is 2.80. The number of nitrogens with one attached hydrogen (secondary N) is 2. The van der Waals surface area contributed by atoms with Gasteiger partial charge < -0.3 is 10.1 Å². The van der Waals surface area contributed by atoms with Crippen LogP contribution in [0.1, 0.15) is 32.4 Å². The van der Waals surface area contributed by atoms with Crippen molar-refractivity contribution in [1.29, 1.82) is 0 Å². The third-order valence-electron chi connectivity index (χ3n) is 4.83. The molecular weight excluding hydrogens is 494 g/mol. The third-order valence-corrected chi connectivity index (χ3v) is 5.58. The summed E-state index contributed by atoms with van der Waals surface area (Å²) in [4.78, 5) is 26.3. The summed E-state index contributed by atoms with van der Waals surface area (Å²) >= 11 is 9.39. The molecule has 0 radical (unpaired) electrons. The summed E-state index contributed by atoms with van der Waals surface area (Å²) < 4.78 is 6.48. The summed E-state index contributed by atoms with van der Waals surface area (Å²) in [6.45, 7) is 0.0586. The molecule has 0 saturated carbocycles. The van der Waals surface area contributed by atoms with Crippen LogP contribution in [-0.4, -0.2) is 23.4 Å². The van der Waals surface area contributed by atoms with E-state index >= 15 is 0 Å². The van der Waals surface area contributed by atoms with Gasteiger partial charge in [0.1, 0.15) is 12.4 Å². The Balaban J connectivity index is 1.76. The van der Waals surface area contributed by atoms with Crippen LogP contribution >= 0.6 is 27.5 Å². The molecule has 1 atom stereocenters. The molecule has 0 aromatic heterocycles. The van der Waals surface area contributed by atoms with Crippen molar-refractivity contribution in [3.63, 3.8) is 0 Å². The summed E-state index contributed by atoms with van der Waals surface area (Å²) in [5, 5.41) is 5.08. The molecule has 0 unspecified atom stereocenters. The summed E-state index contributed by atoms with van der Waals surface area (Å²) in [6.07, 6.45) is 4.61. The zero-order valence-electron chi connectivity index (χ0n) is 16.6. The fraction of sp³-hybridized carbons (Fsp3) is 0.0833. The number of para-hydroxylation sites is 1. The molecule has 32 heavy (non-hydrogen) atoms. The van der Waals surface area contributed by atoms with Crippen molar-refractivity contribution in [3.8, 4) is 18.1 Å². The predicted octanol–water partition coefficient (Wildman–Crippen LogP) is 5.03. The molecule has 3 aromatic rings. The quantitative estimate of drug-likeness (QED) is 0.473. The highest BCUT2D eigenvalue weighted by molar-refractivity contribution is 9.10. The van der Waals surface area contributed by atoms with Crippen molar-refractivity contribution in [2.24, 2.45) is 0 Å². The minimum Gasteiger partial charge on any atom is -0.481 e. The first-order chi connectivity index (χ1) is 15.5. The molecule has 1 heterocycles. The molecule has 2 N–H and O–H groups in total. The highest BCUT2D eigenvalue weighted by atomic mass is 79.9. The van der Waals surface area contributed by atoms with Gasteiger partial charge in [-0.1, -0.05) is 45.6 Å². The van der Waals surface area contributed by atoms with Crippen molar-refractivity contribution in [2.75, 3.05) is 11.9 Å². The number of carbonyl (C=O) groups is 2.